The molecule has 2 aliphatic rings. The standard InChI is InChI=1S/C23H30N4O2S.HI/c24-23(26-22-10-6-8-19-7-2-3-9-21(19)22)25-17-18-11-13-20(14-12-18)30(28,29)27-15-4-1-5-16-27;/h6,8,10-14H,1-5,7,9,15-17H2,(H3,24,25,26);1H. The molecule has 1 saturated heterocycles. The molecule has 168 valence electrons. The van der Waals surface area contributed by atoms with Crippen molar-refractivity contribution in [3.8, 4) is 0 Å². The zero-order valence-electron chi connectivity index (χ0n) is 17.7. The Bertz CT molecular complexity index is 1020. The smallest absolute Gasteiger partial charge is 0.243 e. The zero-order valence-corrected chi connectivity index (χ0v) is 20.9. The van der Waals surface area contributed by atoms with Gasteiger partial charge in [0.05, 0.1) is 11.4 Å². The van der Waals surface area contributed by atoms with Crippen LogP contribution in [0.15, 0.2) is 52.4 Å². The Hall–Kier alpha value is -1.65. The van der Waals surface area contributed by atoms with E-state index in [0.29, 0.717) is 30.5 Å². The maximum atomic E-state index is 12.8. The molecule has 0 atom stereocenters. The van der Waals surface area contributed by atoms with Crippen LogP contribution in [0.4, 0.5) is 5.69 Å². The lowest BCUT2D eigenvalue weighted by Gasteiger charge is -2.25. The van der Waals surface area contributed by atoms with Crippen molar-refractivity contribution in [2.75, 3.05) is 18.4 Å². The topological polar surface area (TPSA) is 87.8 Å². The van der Waals surface area contributed by atoms with Crippen LogP contribution in [0.1, 0.15) is 48.8 Å². The molecule has 0 spiro atoms. The third-order valence-electron chi connectivity index (χ3n) is 5.97. The van der Waals surface area contributed by atoms with Crippen molar-refractivity contribution in [3.63, 3.8) is 0 Å². The Morgan fingerprint density at radius 3 is 2.42 bits per heavy atom. The Balaban J connectivity index is 0.00000272. The number of anilines is 1. The van der Waals surface area contributed by atoms with Gasteiger partial charge < -0.3 is 11.1 Å². The summed E-state index contributed by atoms with van der Waals surface area (Å²) in [7, 11) is -3.40. The summed E-state index contributed by atoms with van der Waals surface area (Å²) in [4.78, 5) is 4.79. The maximum absolute atomic E-state index is 12.8. The molecule has 0 saturated carbocycles. The summed E-state index contributed by atoms with van der Waals surface area (Å²) < 4.78 is 27.1. The molecular formula is C23H31IN4O2S. The Morgan fingerprint density at radius 2 is 1.68 bits per heavy atom. The number of hydrogen-bond acceptors (Lipinski definition) is 3. The van der Waals surface area contributed by atoms with E-state index >= 15 is 0 Å². The normalized spacial score (nSPS) is 17.5. The van der Waals surface area contributed by atoms with Crippen LogP contribution in [0.5, 0.6) is 0 Å². The SMILES string of the molecule is I.NC(=NCc1ccc(S(=O)(=O)N2CCCCC2)cc1)Nc1cccc2c1CCCC2. The molecule has 2 aromatic carbocycles. The van der Waals surface area contributed by atoms with Gasteiger partial charge in [0.1, 0.15) is 0 Å². The van der Waals surface area contributed by atoms with Crippen LogP contribution >= 0.6 is 24.0 Å². The largest absolute Gasteiger partial charge is 0.370 e. The molecule has 8 heteroatoms. The first-order valence-corrected chi connectivity index (χ1v) is 12.2. The average molecular weight is 554 g/mol. The average Bonchev–Trinajstić information content (AvgIpc) is 2.79. The van der Waals surface area contributed by atoms with Crippen LogP contribution in [0.3, 0.4) is 0 Å². The fraction of sp³-hybridized carbons (Fsp3) is 0.435. The van der Waals surface area contributed by atoms with Crippen LogP contribution in [0.25, 0.3) is 0 Å². The van der Waals surface area contributed by atoms with Gasteiger partial charge >= 0.3 is 0 Å². The molecule has 0 radical (unpaired) electrons. The van der Waals surface area contributed by atoms with Crippen LogP contribution in [0.2, 0.25) is 0 Å². The van der Waals surface area contributed by atoms with Gasteiger partial charge in [0.15, 0.2) is 5.96 Å². The van der Waals surface area contributed by atoms with Gasteiger partial charge in [-0.2, -0.15) is 4.31 Å². The number of aryl methyl sites for hydroxylation is 1. The number of halogens is 1. The Labute approximate surface area is 202 Å². The molecule has 0 aromatic heterocycles. The van der Waals surface area contributed by atoms with Gasteiger partial charge in [-0.25, -0.2) is 13.4 Å². The first kappa shape index (κ1) is 24.0. The Kier molecular flexibility index (Phi) is 8.35. The molecule has 1 heterocycles. The minimum Gasteiger partial charge on any atom is -0.370 e. The second kappa shape index (κ2) is 10.8. The van der Waals surface area contributed by atoms with Crippen molar-refractivity contribution in [1.82, 2.24) is 4.31 Å². The summed E-state index contributed by atoms with van der Waals surface area (Å²) in [6.07, 6.45) is 7.60. The molecule has 31 heavy (non-hydrogen) atoms. The van der Waals surface area contributed by atoms with E-state index in [1.54, 1.807) is 16.4 Å². The summed E-state index contributed by atoms with van der Waals surface area (Å²) in [5.41, 5.74) is 10.8. The van der Waals surface area contributed by atoms with Gasteiger partial charge in [-0.3, -0.25) is 0 Å². The van der Waals surface area contributed by atoms with Crippen molar-refractivity contribution in [1.29, 1.82) is 0 Å². The van der Waals surface area contributed by atoms with Crippen molar-refractivity contribution in [3.05, 3.63) is 59.2 Å². The van der Waals surface area contributed by atoms with Crippen molar-refractivity contribution >= 4 is 45.6 Å². The summed E-state index contributed by atoms with van der Waals surface area (Å²) in [6.45, 7) is 1.62. The number of hydrogen-bond donors (Lipinski definition) is 2. The van der Waals surface area contributed by atoms with E-state index in [1.807, 2.05) is 18.2 Å². The van der Waals surface area contributed by atoms with Gasteiger partial charge in [-0.05, 0) is 73.4 Å². The van der Waals surface area contributed by atoms with Gasteiger partial charge in [0.25, 0.3) is 0 Å². The van der Waals surface area contributed by atoms with Crippen molar-refractivity contribution in [2.45, 2.75) is 56.4 Å². The molecule has 2 aromatic rings. The van der Waals surface area contributed by atoms with Crippen LogP contribution in [-0.2, 0) is 29.4 Å². The molecule has 0 unspecified atom stereocenters. The number of benzene rings is 2. The van der Waals surface area contributed by atoms with E-state index < -0.39 is 10.0 Å². The third kappa shape index (κ3) is 5.78. The molecule has 1 aliphatic heterocycles. The van der Waals surface area contributed by atoms with E-state index in [2.05, 4.69) is 22.4 Å². The van der Waals surface area contributed by atoms with Gasteiger partial charge in [0.2, 0.25) is 10.0 Å². The first-order chi connectivity index (χ1) is 14.5. The number of nitrogens with one attached hydrogen (secondary N) is 1. The molecule has 0 amide bonds. The monoisotopic (exact) mass is 554 g/mol. The number of piperidine rings is 1. The second-order valence-electron chi connectivity index (χ2n) is 8.09. The van der Waals surface area contributed by atoms with Crippen molar-refractivity contribution in [2.24, 2.45) is 10.7 Å². The number of nitrogens with two attached hydrogens (primary N) is 1. The predicted molar refractivity (Wildman–Crippen MR) is 136 cm³/mol. The predicted octanol–water partition coefficient (Wildman–Crippen LogP) is 4.28. The molecular weight excluding hydrogens is 523 g/mol. The van der Waals surface area contributed by atoms with Gasteiger partial charge in [-0.1, -0.05) is 30.7 Å². The number of rotatable bonds is 5. The third-order valence-corrected chi connectivity index (χ3v) is 7.88. The molecule has 1 fully saturated rings. The molecule has 6 nitrogen and oxygen atoms in total. The highest BCUT2D eigenvalue weighted by atomic mass is 127. The molecule has 1 aliphatic carbocycles. The van der Waals surface area contributed by atoms with Gasteiger partial charge in [-0.15, -0.1) is 24.0 Å². The molecule has 0 bridgehead atoms. The second-order valence-corrected chi connectivity index (χ2v) is 10.0. The number of aliphatic imine (C=N–C) groups is 1. The fourth-order valence-corrected chi connectivity index (χ4v) is 5.79. The van der Waals surface area contributed by atoms with Crippen LogP contribution < -0.4 is 11.1 Å². The summed E-state index contributed by atoms with van der Waals surface area (Å²) in [5, 5.41) is 3.24. The van der Waals surface area contributed by atoms with Crippen LogP contribution in [-0.4, -0.2) is 31.8 Å². The van der Waals surface area contributed by atoms with E-state index in [1.165, 1.54) is 24.0 Å². The lowest BCUT2D eigenvalue weighted by Crippen LogP contribution is -2.35. The van der Waals surface area contributed by atoms with E-state index in [-0.39, 0.29) is 24.0 Å². The number of sulfonamides is 1. The lowest BCUT2D eigenvalue weighted by molar-refractivity contribution is 0.346. The summed E-state index contributed by atoms with van der Waals surface area (Å²) in [5.74, 6) is 0.374. The van der Waals surface area contributed by atoms with Crippen LogP contribution in [0, 0.1) is 0 Å². The van der Waals surface area contributed by atoms with Crippen molar-refractivity contribution < 1.29 is 8.42 Å². The number of nitrogens with zero attached hydrogens (tertiary/aromatic N) is 2. The Morgan fingerprint density at radius 1 is 0.968 bits per heavy atom. The molecule has 3 N–H and O–H groups in total. The van der Waals surface area contributed by atoms with E-state index in [4.69, 9.17) is 5.73 Å². The zero-order chi connectivity index (χ0) is 21.0. The minimum absolute atomic E-state index is 0. The number of fused-ring (bicyclic) bond motifs is 1. The van der Waals surface area contributed by atoms with E-state index in [9.17, 15) is 8.42 Å². The maximum Gasteiger partial charge on any atom is 0.243 e. The highest BCUT2D eigenvalue weighted by Crippen LogP contribution is 2.27. The summed E-state index contributed by atoms with van der Waals surface area (Å²) in [6, 6.07) is 13.3. The minimum atomic E-state index is -3.40. The highest BCUT2D eigenvalue weighted by Gasteiger charge is 2.25. The molecule has 4 rings (SSSR count). The first-order valence-electron chi connectivity index (χ1n) is 10.8. The quantitative estimate of drug-likeness (QED) is 0.328. The fourth-order valence-electron chi connectivity index (χ4n) is 4.27. The van der Waals surface area contributed by atoms with Gasteiger partial charge in [0, 0.05) is 18.8 Å². The van der Waals surface area contributed by atoms with E-state index in [0.717, 1.165) is 43.4 Å². The number of guanidine groups is 1. The summed E-state index contributed by atoms with van der Waals surface area (Å²) >= 11 is 0. The highest BCUT2D eigenvalue weighted by molar-refractivity contribution is 14.0. The lowest BCUT2D eigenvalue weighted by atomic mass is 9.90.